The summed E-state index contributed by atoms with van der Waals surface area (Å²) in [7, 11) is 0. The van der Waals surface area contributed by atoms with Gasteiger partial charge in [0.05, 0.1) is 5.54 Å². The van der Waals surface area contributed by atoms with Gasteiger partial charge in [-0.3, -0.25) is 4.90 Å². The molecule has 1 aromatic rings. The van der Waals surface area contributed by atoms with E-state index < -0.39 is 28.9 Å². The maximum atomic E-state index is 13.0. The van der Waals surface area contributed by atoms with Crippen molar-refractivity contribution < 1.29 is 19.1 Å². The average molecular weight is 434 g/mol. The highest BCUT2D eigenvalue weighted by Crippen LogP contribution is 2.30. The van der Waals surface area contributed by atoms with E-state index in [9.17, 15) is 9.59 Å². The number of nitrogens with one attached hydrogen (secondary N) is 1. The lowest BCUT2D eigenvalue weighted by molar-refractivity contribution is -0.0458. The summed E-state index contributed by atoms with van der Waals surface area (Å²) in [4.78, 5) is 28.0. The molecule has 0 aromatic heterocycles. The molecule has 0 atom stereocenters. The highest BCUT2D eigenvalue weighted by Gasteiger charge is 2.42. The molecule has 1 aromatic carbocycles. The molecule has 0 bridgehead atoms. The number of likely N-dealkylation sites (tertiary alicyclic amines) is 1. The smallest absolute Gasteiger partial charge is 0.429 e. The fourth-order valence-corrected chi connectivity index (χ4v) is 3.40. The van der Waals surface area contributed by atoms with Crippen LogP contribution in [0.25, 0.3) is 0 Å². The van der Waals surface area contributed by atoms with Gasteiger partial charge in [-0.2, -0.15) is 0 Å². The Balaban J connectivity index is 2.11. The second kappa shape index (κ2) is 9.90. The van der Waals surface area contributed by atoms with E-state index in [-0.39, 0.29) is 0 Å². The van der Waals surface area contributed by atoms with Gasteiger partial charge in [-0.1, -0.05) is 37.3 Å². The van der Waals surface area contributed by atoms with Crippen molar-refractivity contribution >= 4 is 12.2 Å². The Hall–Kier alpha value is -2.28. The Morgan fingerprint density at radius 3 is 2.16 bits per heavy atom. The van der Waals surface area contributed by atoms with Crippen LogP contribution in [0.5, 0.6) is 0 Å². The summed E-state index contributed by atoms with van der Waals surface area (Å²) in [6, 6.07) is 10.3. The molecule has 174 valence electrons. The van der Waals surface area contributed by atoms with Crippen LogP contribution in [0.15, 0.2) is 30.3 Å². The Kier molecular flexibility index (Phi) is 7.98. The normalized spacial score (nSPS) is 17.0. The summed E-state index contributed by atoms with van der Waals surface area (Å²) < 4.78 is 11.1. The second-order valence-corrected chi connectivity index (χ2v) is 10.2. The van der Waals surface area contributed by atoms with Crippen molar-refractivity contribution in [3.05, 3.63) is 35.9 Å². The van der Waals surface area contributed by atoms with E-state index in [4.69, 9.17) is 9.47 Å². The van der Waals surface area contributed by atoms with Crippen molar-refractivity contribution in [2.45, 2.75) is 91.0 Å². The third-order valence-electron chi connectivity index (χ3n) is 5.72. The first kappa shape index (κ1) is 25.0. The van der Waals surface area contributed by atoms with Gasteiger partial charge >= 0.3 is 12.2 Å². The molecule has 1 heterocycles. The molecule has 1 aliphatic rings. The molecule has 1 N–H and O–H groups in total. The molecule has 0 radical (unpaired) electrons. The number of hydrogen-bond acceptors (Lipinski definition) is 5. The number of benzene rings is 1. The molecule has 1 saturated heterocycles. The summed E-state index contributed by atoms with van der Waals surface area (Å²) in [5, 5.41) is 1.34. The molecule has 31 heavy (non-hydrogen) atoms. The van der Waals surface area contributed by atoms with Crippen LogP contribution >= 0.6 is 0 Å². The topological polar surface area (TPSA) is 71.1 Å². The number of hydrogen-bond donors (Lipinski definition) is 1. The largest absolute Gasteiger partial charge is 0.442 e. The van der Waals surface area contributed by atoms with Crippen LogP contribution in [0.2, 0.25) is 0 Å². The van der Waals surface area contributed by atoms with Gasteiger partial charge in [-0.25, -0.2) is 20.0 Å². The number of amides is 2. The lowest BCUT2D eigenvalue weighted by atomic mass is 9.89. The number of rotatable bonds is 5. The van der Waals surface area contributed by atoms with E-state index in [0.29, 0.717) is 19.3 Å². The molecule has 0 aliphatic carbocycles. The SMILES string of the molecule is CCC(C)(C)OC(=O)NN(C(=O)OC(C)(C)C)C1(C)CCN(Cc2ccccc2)CC1. The first-order chi connectivity index (χ1) is 14.3. The lowest BCUT2D eigenvalue weighted by Gasteiger charge is -2.46. The fourth-order valence-electron chi connectivity index (χ4n) is 3.40. The van der Waals surface area contributed by atoms with Crippen LogP contribution in [-0.4, -0.2) is 51.9 Å². The summed E-state index contributed by atoms with van der Waals surface area (Å²) in [5.41, 5.74) is 2.07. The number of ether oxygens (including phenoxy) is 2. The Labute approximate surface area is 187 Å². The molecule has 1 fully saturated rings. The molecular weight excluding hydrogens is 394 g/mol. The summed E-state index contributed by atoms with van der Waals surface area (Å²) >= 11 is 0. The molecule has 2 amide bonds. The van der Waals surface area contributed by atoms with Crippen molar-refractivity contribution in [1.29, 1.82) is 0 Å². The predicted molar refractivity (Wildman–Crippen MR) is 121 cm³/mol. The molecule has 0 spiro atoms. The lowest BCUT2D eigenvalue weighted by Crippen LogP contribution is -2.63. The van der Waals surface area contributed by atoms with E-state index in [1.165, 1.54) is 10.6 Å². The van der Waals surface area contributed by atoms with Crippen LogP contribution in [0, 0.1) is 0 Å². The van der Waals surface area contributed by atoms with Gasteiger partial charge in [0.1, 0.15) is 11.2 Å². The van der Waals surface area contributed by atoms with Gasteiger partial charge in [0, 0.05) is 19.6 Å². The van der Waals surface area contributed by atoms with Gasteiger partial charge in [-0.15, -0.1) is 0 Å². The fraction of sp³-hybridized carbons (Fsp3) is 0.667. The third kappa shape index (κ3) is 7.73. The van der Waals surface area contributed by atoms with E-state index in [1.807, 2.05) is 66.7 Å². The van der Waals surface area contributed by atoms with E-state index in [1.54, 1.807) is 0 Å². The predicted octanol–water partition coefficient (Wildman–Crippen LogP) is 5.11. The molecule has 0 unspecified atom stereocenters. The van der Waals surface area contributed by atoms with Crippen molar-refractivity contribution in [3.8, 4) is 0 Å². The first-order valence-corrected chi connectivity index (χ1v) is 11.1. The highest BCUT2D eigenvalue weighted by atomic mass is 16.6. The van der Waals surface area contributed by atoms with Crippen molar-refractivity contribution in [2.24, 2.45) is 0 Å². The minimum atomic E-state index is -0.673. The monoisotopic (exact) mass is 433 g/mol. The zero-order valence-corrected chi connectivity index (χ0v) is 20.2. The van der Waals surface area contributed by atoms with Gasteiger partial charge < -0.3 is 9.47 Å². The summed E-state index contributed by atoms with van der Waals surface area (Å²) in [6.45, 7) is 15.5. The van der Waals surface area contributed by atoms with E-state index in [2.05, 4.69) is 22.5 Å². The van der Waals surface area contributed by atoms with E-state index in [0.717, 1.165) is 19.6 Å². The van der Waals surface area contributed by atoms with Gasteiger partial charge in [0.2, 0.25) is 0 Å². The maximum Gasteiger partial charge on any atom is 0.429 e. The molecule has 1 aliphatic heterocycles. The second-order valence-electron chi connectivity index (χ2n) is 10.2. The minimum absolute atomic E-state index is 0.572. The molecule has 7 heteroatoms. The van der Waals surface area contributed by atoms with Crippen molar-refractivity contribution in [1.82, 2.24) is 15.3 Å². The number of carbonyl (C=O) groups is 2. The van der Waals surface area contributed by atoms with Crippen molar-refractivity contribution in [2.75, 3.05) is 13.1 Å². The van der Waals surface area contributed by atoms with Crippen LogP contribution < -0.4 is 5.43 Å². The zero-order valence-electron chi connectivity index (χ0n) is 20.2. The van der Waals surface area contributed by atoms with Crippen LogP contribution in [-0.2, 0) is 16.0 Å². The maximum absolute atomic E-state index is 13.0. The Bertz CT molecular complexity index is 735. The van der Waals surface area contributed by atoms with Crippen LogP contribution in [0.3, 0.4) is 0 Å². The number of nitrogens with zero attached hydrogens (tertiary/aromatic N) is 2. The van der Waals surface area contributed by atoms with Crippen LogP contribution in [0.1, 0.15) is 73.3 Å². The van der Waals surface area contributed by atoms with E-state index >= 15 is 0 Å². The third-order valence-corrected chi connectivity index (χ3v) is 5.72. The van der Waals surface area contributed by atoms with Crippen LogP contribution in [0.4, 0.5) is 9.59 Å². The number of carbonyl (C=O) groups excluding carboxylic acids is 2. The average Bonchev–Trinajstić information content (AvgIpc) is 2.67. The number of hydrazine groups is 1. The number of piperidine rings is 1. The first-order valence-electron chi connectivity index (χ1n) is 11.1. The van der Waals surface area contributed by atoms with Gasteiger partial charge in [0.25, 0.3) is 0 Å². The van der Waals surface area contributed by atoms with Crippen molar-refractivity contribution in [3.63, 3.8) is 0 Å². The Morgan fingerprint density at radius 2 is 1.65 bits per heavy atom. The quantitative estimate of drug-likeness (QED) is 0.654. The minimum Gasteiger partial charge on any atom is -0.442 e. The molecular formula is C24H39N3O4. The highest BCUT2D eigenvalue weighted by molar-refractivity contribution is 5.75. The van der Waals surface area contributed by atoms with Gasteiger partial charge in [-0.05, 0) is 66.4 Å². The zero-order chi connectivity index (χ0) is 23.3. The summed E-state index contributed by atoms with van der Waals surface area (Å²) in [6.07, 6.45) is 0.856. The molecule has 2 rings (SSSR count). The van der Waals surface area contributed by atoms with Gasteiger partial charge in [0.15, 0.2) is 0 Å². The summed E-state index contributed by atoms with van der Waals surface area (Å²) in [5.74, 6) is 0. The standard InChI is InChI=1S/C24H39N3O4/c1-8-23(5,6)30-20(28)25-27(21(29)31-22(2,3)4)24(7)14-16-26(17-15-24)18-19-12-10-9-11-13-19/h9-13H,8,14-18H2,1-7H3,(H,25,28). The molecule has 7 nitrogen and oxygen atoms in total. The Morgan fingerprint density at radius 1 is 1.06 bits per heavy atom. The molecule has 0 saturated carbocycles.